The van der Waals surface area contributed by atoms with Crippen LogP contribution in [-0.2, 0) is 9.84 Å². The fourth-order valence-corrected chi connectivity index (χ4v) is 2.99. The smallest absolute Gasteiger partial charge is 0.175 e. The summed E-state index contributed by atoms with van der Waals surface area (Å²) < 4.78 is 37.9. The average Bonchev–Trinajstić information content (AvgIpc) is 2.65. The number of rotatable bonds is 1. The Balaban J connectivity index is 2.47. The predicted octanol–water partition coefficient (Wildman–Crippen LogP) is 3.02. The average molecular weight is 343 g/mol. The summed E-state index contributed by atoms with van der Waals surface area (Å²) in [5, 5.41) is 0.301. The summed E-state index contributed by atoms with van der Waals surface area (Å²) in [4.78, 5) is 7.08. The van der Waals surface area contributed by atoms with E-state index in [-0.39, 0.29) is 4.90 Å². The van der Waals surface area contributed by atoms with Gasteiger partial charge in [-0.25, -0.2) is 12.8 Å². The highest BCUT2D eigenvalue weighted by atomic mass is 79.9. The lowest BCUT2D eigenvalue weighted by Gasteiger charge is -2.00. The van der Waals surface area contributed by atoms with Gasteiger partial charge in [0.2, 0.25) is 0 Å². The van der Waals surface area contributed by atoms with Crippen LogP contribution in [0, 0.1) is 5.82 Å². The molecule has 98 valence electrons. The van der Waals surface area contributed by atoms with E-state index in [9.17, 15) is 12.8 Å². The molecule has 3 aromatic rings. The highest BCUT2D eigenvalue weighted by Crippen LogP contribution is 2.29. The van der Waals surface area contributed by atoms with Gasteiger partial charge in [0.1, 0.15) is 5.82 Å². The lowest BCUT2D eigenvalue weighted by molar-refractivity contribution is 0.598. The molecule has 4 nitrogen and oxygen atoms in total. The summed E-state index contributed by atoms with van der Waals surface area (Å²) in [6, 6.07) is 4.21. The Morgan fingerprint density at radius 1 is 1.26 bits per heavy atom. The molecule has 2 aromatic heterocycles. The molecule has 2 heterocycles. The van der Waals surface area contributed by atoms with Crippen molar-refractivity contribution in [1.29, 1.82) is 0 Å². The maximum atomic E-state index is 14.1. The molecule has 0 amide bonds. The van der Waals surface area contributed by atoms with E-state index in [2.05, 4.69) is 25.9 Å². The zero-order chi connectivity index (χ0) is 13.8. The van der Waals surface area contributed by atoms with E-state index in [0.717, 1.165) is 16.8 Å². The fourth-order valence-electron chi connectivity index (χ4n) is 2.01. The van der Waals surface area contributed by atoms with Crippen molar-refractivity contribution in [3.63, 3.8) is 0 Å². The van der Waals surface area contributed by atoms with Crippen LogP contribution in [0.5, 0.6) is 0 Å². The summed E-state index contributed by atoms with van der Waals surface area (Å²) in [5.74, 6) is -0.598. The highest BCUT2D eigenvalue weighted by molar-refractivity contribution is 9.10. The molecule has 3 rings (SSSR count). The Morgan fingerprint density at radius 2 is 2.00 bits per heavy atom. The molecule has 0 spiro atoms. The molecule has 0 aliphatic carbocycles. The molecule has 0 aliphatic heterocycles. The Kier molecular flexibility index (Phi) is 2.65. The van der Waals surface area contributed by atoms with Crippen LogP contribution in [0.15, 0.2) is 33.8 Å². The van der Waals surface area contributed by atoms with Crippen molar-refractivity contribution in [3.05, 3.63) is 34.7 Å². The van der Waals surface area contributed by atoms with E-state index >= 15 is 0 Å². The minimum atomic E-state index is -3.45. The van der Waals surface area contributed by atoms with Crippen molar-refractivity contribution in [2.24, 2.45) is 0 Å². The van der Waals surface area contributed by atoms with E-state index in [0.29, 0.717) is 21.9 Å². The lowest BCUT2D eigenvalue weighted by atomic mass is 10.2. The van der Waals surface area contributed by atoms with Gasteiger partial charge in [-0.05, 0) is 34.1 Å². The highest BCUT2D eigenvalue weighted by Gasteiger charge is 2.16. The topological polar surface area (TPSA) is 62.8 Å². The van der Waals surface area contributed by atoms with E-state index in [1.807, 2.05) is 0 Å². The molecule has 1 aromatic carbocycles. The van der Waals surface area contributed by atoms with E-state index in [1.54, 1.807) is 12.3 Å². The van der Waals surface area contributed by atoms with Crippen LogP contribution < -0.4 is 0 Å². The van der Waals surface area contributed by atoms with Gasteiger partial charge in [-0.1, -0.05) is 0 Å². The van der Waals surface area contributed by atoms with Crippen LogP contribution >= 0.6 is 15.9 Å². The first kappa shape index (κ1) is 12.6. The summed E-state index contributed by atoms with van der Waals surface area (Å²) in [6.07, 6.45) is 2.62. The Labute approximate surface area is 116 Å². The zero-order valence-corrected chi connectivity index (χ0v) is 12.1. The van der Waals surface area contributed by atoms with Crippen molar-refractivity contribution in [1.82, 2.24) is 9.97 Å². The third-order valence-corrected chi connectivity index (χ3v) is 4.38. The number of nitrogens with zero attached hydrogens (tertiary/aromatic N) is 1. The number of aromatic amines is 1. The summed E-state index contributed by atoms with van der Waals surface area (Å²) >= 11 is 3.28. The molecule has 0 unspecified atom stereocenters. The Hall–Kier alpha value is -1.47. The molecule has 0 atom stereocenters. The molecule has 1 N–H and O–H groups in total. The van der Waals surface area contributed by atoms with Crippen LogP contribution in [0.2, 0.25) is 0 Å². The second kappa shape index (κ2) is 4.01. The molecule has 0 fully saturated rings. The SMILES string of the molecule is CS(=O)(=O)c1cc(F)c2c(c1)[nH]c1cc(Br)cnc12. The maximum Gasteiger partial charge on any atom is 0.175 e. The minimum Gasteiger partial charge on any atom is -0.353 e. The number of H-pyrrole nitrogens is 1. The number of fused-ring (bicyclic) bond motifs is 3. The third kappa shape index (κ3) is 2.02. The predicted molar refractivity (Wildman–Crippen MR) is 74.4 cm³/mol. The molecule has 0 radical (unpaired) electrons. The van der Waals surface area contributed by atoms with Crippen molar-refractivity contribution in [2.45, 2.75) is 4.90 Å². The molecule has 0 aliphatic rings. The van der Waals surface area contributed by atoms with Crippen LogP contribution in [0.1, 0.15) is 0 Å². The van der Waals surface area contributed by atoms with Crippen LogP contribution in [0.4, 0.5) is 4.39 Å². The van der Waals surface area contributed by atoms with Gasteiger partial charge in [0.05, 0.1) is 26.8 Å². The number of sulfone groups is 1. The van der Waals surface area contributed by atoms with Crippen molar-refractivity contribution < 1.29 is 12.8 Å². The molecule has 0 bridgehead atoms. The minimum absolute atomic E-state index is 0.0527. The first-order valence-electron chi connectivity index (χ1n) is 5.33. The number of pyridine rings is 1. The van der Waals surface area contributed by atoms with Gasteiger partial charge in [-0.15, -0.1) is 0 Å². The summed E-state index contributed by atoms with van der Waals surface area (Å²) in [5.41, 5.74) is 1.55. The monoisotopic (exact) mass is 342 g/mol. The van der Waals surface area contributed by atoms with Crippen LogP contribution in [0.3, 0.4) is 0 Å². The van der Waals surface area contributed by atoms with Crippen LogP contribution in [-0.4, -0.2) is 24.6 Å². The van der Waals surface area contributed by atoms with Crippen molar-refractivity contribution >= 4 is 47.7 Å². The van der Waals surface area contributed by atoms with Gasteiger partial charge in [-0.3, -0.25) is 4.98 Å². The number of nitrogens with one attached hydrogen (secondary N) is 1. The van der Waals surface area contributed by atoms with Crippen molar-refractivity contribution in [3.8, 4) is 0 Å². The van der Waals surface area contributed by atoms with Crippen molar-refractivity contribution in [2.75, 3.05) is 6.26 Å². The van der Waals surface area contributed by atoms with Gasteiger partial charge in [0, 0.05) is 16.9 Å². The van der Waals surface area contributed by atoms with Gasteiger partial charge < -0.3 is 4.98 Å². The first-order chi connectivity index (χ1) is 8.86. The molecule has 19 heavy (non-hydrogen) atoms. The number of aromatic nitrogens is 2. The Bertz CT molecular complexity index is 918. The fraction of sp³-hybridized carbons (Fsp3) is 0.0833. The van der Waals surface area contributed by atoms with Gasteiger partial charge in [-0.2, -0.15) is 0 Å². The number of hydrogen-bond acceptors (Lipinski definition) is 3. The zero-order valence-electron chi connectivity index (χ0n) is 9.74. The number of hydrogen-bond donors (Lipinski definition) is 1. The molecular formula is C12H8BrFN2O2S. The third-order valence-electron chi connectivity index (χ3n) is 2.85. The number of benzene rings is 1. The van der Waals surface area contributed by atoms with Crippen LogP contribution in [0.25, 0.3) is 21.9 Å². The second-order valence-electron chi connectivity index (χ2n) is 4.27. The normalized spacial score (nSPS) is 12.4. The number of halogens is 2. The van der Waals surface area contributed by atoms with E-state index in [4.69, 9.17) is 0 Å². The maximum absolute atomic E-state index is 14.1. The first-order valence-corrected chi connectivity index (χ1v) is 8.01. The largest absolute Gasteiger partial charge is 0.353 e. The van der Waals surface area contributed by atoms with Gasteiger partial charge in [0.15, 0.2) is 9.84 Å². The molecule has 0 saturated carbocycles. The lowest BCUT2D eigenvalue weighted by Crippen LogP contribution is -1.97. The summed E-state index contributed by atoms with van der Waals surface area (Å²) in [7, 11) is -3.45. The standard InChI is InChI=1S/C12H8BrFN2O2S/c1-19(17,18)7-3-8(14)11-9(4-7)16-10-2-6(13)5-15-12(10)11/h2-5,16H,1H3. The Morgan fingerprint density at radius 3 is 2.68 bits per heavy atom. The summed E-state index contributed by atoms with van der Waals surface area (Å²) in [6.45, 7) is 0. The van der Waals surface area contributed by atoms with Gasteiger partial charge >= 0.3 is 0 Å². The van der Waals surface area contributed by atoms with E-state index < -0.39 is 15.7 Å². The second-order valence-corrected chi connectivity index (χ2v) is 7.21. The van der Waals surface area contributed by atoms with E-state index in [1.165, 1.54) is 6.07 Å². The van der Waals surface area contributed by atoms with Gasteiger partial charge in [0.25, 0.3) is 0 Å². The quantitative estimate of drug-likeness (QED) is 0.739. The molecular weight excluding hydrogens is 335 g/mol. The molecule has 0 saturated heterocycles. The molecule has 7 heteroatoms.